The molecule has 1 aromatic heterocycles. The van der Waals surface area contributed by atoms with Gasteiger partial charge < -0.3 is 4.74 Å². The van der Waals surface area contributed by atoms with E-state index in [2.05, 4.69) is 5.10 Å². The molecule has 112 valence electrons. The molecule has 0 spiro atoms. The number of aromatic nitrogens is 2. The summed E-state index contributed by atoms with van der Waals surface area (Å²) in [7, 11) is 3.37. The first-order valence-electron chi connectivity index (χ1n) is 6.66. The highest BCUT2D eigenvalue weighted by atomic mass is 16.7. The second-order valence-electron chi connectivity index (χ2n) is 4.68. The molecule has 6 heteroatoms. The third-order valence-corrected chi connectivity index (χ3v) is 2.80. The normalized spacial score (nSPS) is 12.1. The highest BCUT2D eigenvalue weighted by Crippen LogP contribution is 2.16. The van der Waals surface area contributed by atoms with Gasteiger partial charge in [0.05, 0.1) is 6.61 Å². The molecule has 1 heterocycles. The minimum atomic E-state index is -0.273. The molecule has 1 atom stereocenters. The monoisotopic (exact) mass is 289 g/mol. The van der Waals surface area contributed by atoms with Crippen LogP contribution in [-0.2, 0) is 16.6 Å². The Kier molecular flexibility index (Phi) is 5.08. The van der Waals surface area contributed by atoms with Gasteiger partial charge in [0.2, 0.25) is 0 Å². The van der Waals surface area contributed by atoms with Gasteiger partial charge >= 0.3 is 0 Å². The van der Waals surface area contributed by atoms with Gasteiger partial charge in [0.25, 0.3) is 5.91 Å². The van der Waals surface area contributed by atoms with E-state index in [1.165, 1.54) is 5.06 Å². The first-order valence-corrected chi connectivity index (χ1v) is 6.66. The SMILES string of the molecule is COC[C@H](C)ON(C(=O)c1ccccc1)c1ccn(C)n1. The molecule has 0 fully saturated rings. The number of methoxy groups -OCH3 is 1. The van der Waals surface area contributed by atoms with Gasteiger partial charge in [0, 0.05) is 32.0 Å². The predicted octanol–water partition coefficient (Wildman–Crippen LogP) is 2.03. The quantitative estimate of drug-likeness (QED) is 0.764. The third kappa shape index (κ3) is 3.90. The van der Waals surface area contributed by atoms with Crippen LogP contribution in [0.1, 0.15) is 17.3 Å². The number of benzene rings is 1. The Labute approximate surface area is 123 Å². The molecule has 6 nitrogen and oxygen atoms in total. The van der Waals surface area contributed by atoms with Crippen molar-refractivity contribution in [1.82, 2.24) is 9.78 Å². The van der Waals surface area contributed by atoms with Crippen LogP contribution < -0.4 is 5.06 Å². The Morgan fingerprint density at radius 2 is 2.05 bits per heavy atom. The van der Waals surface area contributed by atoms with Crippen molar-refractivity contribution in [2.45, 2.75) is 13.0 Å². The van der Waals surface area contributed by atoms with Crippen LogP contribution >= 0.6 is 0 Å². The van der Waals surface area contributed by atoms with Crippen molar-refractivity contribution in [3.05, 3.63) is 48.2 Å². The third-order valence-electron chi connectivity index (χ3n) is 2.80. The van der Waals surface area contributed by atoms with Gasteiger partial charge in [-0.05, 0) is 19.1 Å². The van der Waals surface area contributed by atoms with Gasteiger partial charge in [-0.1, -0.05) is 18.2 Å². The second-order valence-corrected chi connectivity index (χ2v) is 4.68. The largest absolute Gasteiger partial charge is 0.382 e. The van der Waals surface area contributed by atoms with E-state index in [0.29, 0.717) is 18.0 Å². The number of anilines is 1. The Hall–Kier alpha value is -2.18. The number of amides is 1. The van der Waals surface area contributed by atoms with Crippen LogP contribution in [0.2, 0.25) is 0 Å². The minimum absolute atomic E-state index is 0.266. The number of hydrogen-bond acceptors (Lipinski definition) is 4. The second kappa shape index (κ2) is 7.01. The van der Waals surface area contributed by atoms with Gasteiger partial charge in [-0.15, -0.1) is 0 Å². The fraction of sp³-hybridized carbons (Fsp3) is 0.333. The van der Waals surface area contributed by atoms with Crippen molar-refractivity contribution in [1.29, 1.82) is 0 Å². The molecule has 0 aliphatic rings. The van der Waals surface area contributed by atoms with Crippen LogP contribution in [-0.4, -0.2) is 35.5 Å². The molecule has 2 rings (SSSR count). The van der Waals surface area contributed by atoms with E-state index in [-0.39, 0.29) is 12.0 Å². The van der Waals surface area contributed by atoms with Crippen molar-refractivity contribution in [3.8, 4) is 0 Å². The summed E-state index contributed by atoms with van der Waals surface area (Å²) in [5.74, 6) is 0.173. The lowest BCUT2D eigenvalue weighted by Crippen LogP contribution is -2.36. The summed E-state index contributed by atoms with van der Waals surface area (Å²) >= 11 is 0. The van der Waals surface area contributed by atoms with Crippen LogP contribution in [0.15, 0.2) is 42.6 Å². The number of nitrogens with zero attached hydrogens (tertiary/aromatic N) is 3. The number of carbonyl (C=O) groups is 1. The molecule has 21 heavy (non-hydrogen) atoms. The van der Waals surface area contributed by atoms with Crippen molar-refractivity contribution < 1.29 is 14.4 Å². The zero-order chi connectivity index (χ0) is 15.2. The molecular formula is C15H19N3O3. The van der Waals surface area contributed by atoms with Crippen LogP contribution in [0.3, 0.4) is 0 Å². The highest BCUT2D eigenvalue weighted by molar-refractivity contribution is 6.04. The van der Waals surface area contributed by atoms with Gasteiger partial charge in [-0.25, -0.2) is 0 Å². The molecule has 0 bridgehead atoms. The zero-order valence-electron chi connectivity index (χ0n) is 12.4. The van der Waals surface area contributed by atoms with Crippen molar-refractivity contribution >= 4 is 11.7 Å². The molecule has 2 aromatic rings. The number of carbonyl (C=O) groups excluding carboxylic acids is 1. The molecule has 0 N–H and O–H groups in total. The molecule has 1 aromatic carbocycles. The topological polar surface area (TPSA) is 56.6 Å². The lowest BCUT2D eigenvalue weighted by Gasteiger charge is -2.23. The summed E-state index contributed by atoms with van der Waals surface area (Å²) < 4.78 is 6.66. The summed E-state index contributed by atoms with van der Waals surface area (Å²) in [6.07, 6.45) is 1.48. The van der Waals surface area contributed by atoms with E-state index < -0.39 is 0 Å². The number of rotatable bonds is 6. The fourth-order valence-corrected chi connectivity index (χ4v) is 1.86. The Morgan fingerprint density at radius 3 is 2.62 bits per heavy atom. The van der Waals surface area contributed by atoms with Crippen LogP contribution in [0.4, 0.5) is 5.82 Å². The zero-order valence-corrected chi connectivity index (χ0v) is 12.4. The smallest absolute Gasteiger partial charge is 0.283 e. The average Bonchev–Trinajstić information content (AvgIpc) is 2.91. The summed E-state index contributed by atoms with van der Waals surface area (Å²) in [5, 5.41) is 5.43. The van der Waals surface area contributed by atoms with Crippen molar-refractivity contribution in [3.63, 3.8) is 0 Å². The summed E-state index contributed by atoms with van der Waals surface area (Å²) in [6, 6.07) is 10.7. The standard InChI is InChI=1S/C15H19N3O3/c1-12(11-20-3)21-18(14-9-10-17(2)16-14)15(19)13-7-5-4-6-8-13/h4-10,12H,11H2,1-3H3/t12-/m0/s1. The molecule has 0 saturated heterocycles. The van der Waals surface area contributed by atoms with Crippen LogP contribution in [0.25, 0.3) is 0 Å². The Bertz CT molecular complexity index is 583. The molecule has 1 amide bonds. The van der Waals surface area contributed by atoms with E-state index in [1.807, 2.05) is 25.1 Å². The average molecular weight is 289 g/mol. The van der Waals surface area contributed by atoms with Gasteiger partial charge in [-0.3, -0.25) is 14.3 Å². The van der Waals surface area contributed by atoms with E-state index in [4.69, 9.17) is 9.57 Å². The van der Waals surface area contributed by atoms with E-state index >= 15 is 0 Å². The number of aryl methyl sites for hydroxylation is 1. The summed E-state index contributed by atoms with van der Waals surface area (Å²) in [5.41, 5.74) is 0.535. The maximum Gasteiger partial charge on any atom is 0.283 e. The molecule has 0 radical (unpaired) electrons. The predicted molar refractivity (Wildman–Crippen MR) is 78.9 cm³/mol. The van der Waals surface area contributed by atoms with Crippen LogP contribution in [0.5, 0.6) is 0 Å². The van der Waals surface area contributed by atoms with Gasteiger partial charge in [-0.2, -0.15) is 10.2 Å². The summed E-state index contributed by atoms with van der Waals surface area (Å²) in [4.78, 5) is 18.3. The van der Waals surface area contributed by atoms with E-state index in [1.54, 1.807) is 43.2 Å². The van der Waals surface area contributed by atoms with E-state index in [9.17, 15) is 4.79 Å². The Balaban J connectivity index is 2.25. The van der Waals surface area contributed by atoms with E-state index in [0.717, 1.165) is 0 Å². The number of ether oxygens (including phenoxy) is 1. The highest BCUT2D eigenvalue weighted by Gasteiger charge is 2.23. The molecule has 0 aliphatic carbocycles. The first-order chi connectivity index (χ1) is 10.1. The number of hydrogen-bond donors (Lipinski definition) is 0. The fourth-order valence-electron chi connectivity index (χ4n) is 1.86. The minimum Gasteiger partial charge on any atom is -0.382 e. The van der Waals surface area contributed by atoms with Crippen molar-refractivity contribution in [2.24, 2.45) is 7.05 Å². The van der Waals surface area contributed by atoms with Gasteiger partial charge in [0.1, 0.15) is 6.10 Å². The Morgan fingerprint density at radius 1 is 1.33 bits per heavy atom. The molecule has 0 saturated carbocycles. The molecular weight excluding hydrogens is 270 g/mol. The maximum atomic E-state index is 12.6. The molecule has 0 unspecified atom stereocenters. The lowest BCUT2D eigenvalue weighted by molar-refractivity contribution is -0.00347. The maximum absolute atomic E-state index is 12.6. The number of hydroxylamine groups is 1. The lowest BCUT2D eigenvalue weighted by atomic mass is 10.2. The summed E-state index contributed by atoms with van der Waals surface area (Å²) in [6.45, 7) is 2.21. The first kappa shape index (κ1) is 15.2. The van der Waals surface area contributed by atoms with Gasteiger partial charge in [0.15, 0.2) is 5.82 Å². The van der Waals surface area contributed by atoms with Crippen molar-refractivity contribution in [2.75, 3.05) is 18.8 Å². The molecule has 0 aliphatic heterocycles. The van der Waals surface area contributed by atoms with Crippen LogP contribution in [0, 0.1) is 0 Å².